The predicted octanol–water partition coefficient (Wildman–Crippen LogP) is 2.75. The maximum Gasteiger partial charge on any atom is 0.00806 e. The monoisotopic (exact) mass is 218 g/mol. The molecule has 2 nitrogen and oxygen atoms in total. The minimum atomic E-state index is 0.638. The summed E-state index contributed by atoms with van der Waals surface area (Å²) >= 11 is 1.92. The van der Waals surface area contributed by atoms with E-state index in [0.717, 1.165) is 0 Å². The zero-order chi connectivity index (χ0) is 10.8. The second-order valence-electron chi connectivity index (χ2n) is 4.17. The number of rotatable bonds is 9. The Balaban J connectivity index is 2.92. The fourth-order valence-corrected chi connectivity index (χ4v) is 1.92. The van der Waals surface area contributed by atoms with Crippen LogP contribution in [0.2, 0.25) is 0 Å². The van der Waals surface area contributed by atoms with E-state index in [1.54, 1.807) is 0 Å². The van der Waals surface area contributed by atoms with Crippen LogP contribution in [0.5, 0.6) is 0 Å². The normalized spacial score (nSPS) is 11.6. The van der Waals surface area contributed by atoms with E-state index in [1.165, 1.54) is 38.0 Å². The molecule has 0 fully saturated rings. The average molecular weight is 218 g/mol. The minimum absolute atomic E-state index is 0.638. The number of nitrogens with zero attached hydrogens (tertiary/aromatic N) is 1. The van der Waals surface area contributed by atoms with Crippen molar-refractivity contribution in [3.05, 3.63) is 0 Å². The SMILES string of the molecule is CC(C)NCCCCCCSN(C)C. The van der Waals surface area contributed by atoms with Gasteiger partial charge in [0, 0.05) is 11.8 Å². The standard InChI is InChI=1S/C11H26N2S/c1-11(2)12-9-7-5-6-8-10-14-13(3)4/h11-12H,5-10H2,1-4H3. The maximum atomic E-state index is 3.44. The summed E-state index contributed by atoms with van der Waals surface area (Å²) in [5.74, 6) is 1.27. The van der Waals surface area contributed by atoms with Crippen LogP contribution < -0.4 is 5.32 Å². The van der Waals surface area contributed by atoms with Crippen molar-refractivity contribution in [1.82, 2.24) is 9.62 Å². The van der Waals surface area contributed by atoms with Gasteiger partial charge in [0.15, 0.2) is 0 Å². The van der Waals surface area contributed by atoms with Gasteiger partial charge < -0.3 is 5.32 Å². The fraction of sp³-hybridized carbons (Fsp3) is 1.00. The van der Waals surface area contributed by atoms with Crippen LogP contribution in [0.3, 0.4) is 0 Å². The first kappa shape index (κ1) is 14.3. The molecule has 0 saturated heterocycles. The summed E-state index contributed by atoms with van der Waals surface area (Å²) in [6.07, 6.45) is 5.42. The molecule has 3 heteroatoms. The van der Waals surface area contributed by atoms with Crippen molar-refractivity contribution >= 4 is 11.9 Å². The smallest absolute Gasteiger partial charge is 0.00806 e. The summed E-state index contributed by atoms with van der Waals surface area (Å²) in [5.41, 5.74) is 0. The van der Waals surface area contributed by atoms with Gasteiger partial charge in [-0.05, 0) is 33.5 Å². The minimum Gasteiger partial charge on any atom is -0.315 e. The molecule has 86 valence electrons. The zero-order valence-corrected chi connectivity index (χ0v) is 11.0. The highest BCUT2D eigenvalue weighted by Gasteiger charge is 1.94. The van der Waals surface area contributed by atoms with Gasteiger partial charge >= 0.3 is 0 Å². The molecule has 0 heterocycles. The molecule has 0 atom stereocenters. The average Bonchev–Trinajstić information content (AvgIpc) is 2.08. The number of hydrogen-bond donors (Lipinski definition) is 1. The largest absolute Gasteiger partial charge is 0.315 e. The number of unbranched alkanes of at least 4 members (excludes halogenated alkanes) is 3. The lowest BCUT2D eigenvalue weighted by atomic mass is 10.2. The van der Waals surface area contributed by atoms with E-state index in [0.29, 0.717) is 6.04 Å². The molecule has 0 aromatic rings. The highest BCUT2D eigenvalue weighted by molar-refractivity contribution is 7.96. The molecule has 0 saturated carbocycles. The summed E-state index contributed by atoms with van der Waals surface area (Å²) in [4.78, 5) is 0. The van der Waals surface area contributed by atoms with Gasteiger partial charge in [0.1, 0.15) is 0 Å². The lowest BCUT2D eigenvalue weighted by Crippen LogP contribution is -2.23. The summed E-state index contributed by atoms with van der Waals surface area (Å²) in [6, 6.07) is 0.638. The van der Waals surface area contributed by atoms with Gasteiger partial charge in [-0.15, -0.1) is 0 Å². The van der Waals surface area contributed by atoms with Crippen molar-refractivity contribution in [3.8, 4) is 0 Å². The molecule has 0 aliphatic carbocycles. The van der Waals surface area contributed by atoms with E-state index in [-0.39, 0.29) is 0 Å². The zero-order valence-electron chi connectivity index (χ0n) is 10.2. The van der Waals surface area contributed by atoms with Crippen LogP contribution in [0.1, 0.15) is 39.5 Å². The third-order valence-corrected chi connectivity index (χ3v) is 2.96. The third kappa shape index (κ3) is 12.3. The van der Waals surface area contributed by atoms with E-state index < -0.39 is 0 Å². The molecule has 0 bridgehead atoms. The van der Waals surface area contributed by atoms with E-state index in [9.17, 15) is 0 Å². The van der Waals surface area contributed by atoms with Crippen molar-refractivity contribution < 1.29 is 0 Å². The molecule has 0 rings (SSSR count). The molecular formula is C11H26N2S. The maximum absolute atomic E-state index is 3.44. The van der Waals surface area contributed by atoms with Gasteiger partial charge in [0.05, 0.1) is 0 Å². The highest BCUT2D eigenvalue weighted by atomic mass is 32.2. The molecule has 0 aliphatic heterocycles. The van der Waals surface area contributed by atoms with E-state index in [2.05, 4.69) is 37.6 Å². The van der Waals surface area contributed by atoms with Gasteiger partial charge in [-0.3, -0.25) is 4.31 Å². The Morgan fingerprint density at radius 2 is 1.71 bits per heavy atom. The van der Waals surface area contributed by atoms with Crippen molar-refractivity contribution in [2.75, 3.05) is 26.4 Å². The molecule has 0 radical (unpaired) electrons. The molecule has 14 heavy (non-hydrogen) atoms. The topological polar surface area (TPSA) is 15.3 Å². The number of hydrogen-bond acceptors (Lipinski definition) is 3. The van der Waals surface area contributed by atoms with Gasteiger partial charge in [-0.25, -0.2) is 0 Å². The summed E-state index contributed by atoms with van der Waals surface area (Å²) in [7, 11) is 4.22. The van der Waals surface area contributed by atoms with Crippen LogP contribution in [0.15, 0.2) is 0 Å². The molecule has 1 N–H and O–H groups in total. The summed E-state index contributed by atoms with van der Waals surface area (Å²) < 4.78 is 2.18. The lowest BCUT2D eigenvalue weighted by molar-refractivity contribution is 0.546. The van der Waals surface area contributed by atoms with Crippen molar-refractivity contribution in [1.29, 1.82) is 0 Å². The Bertz CT molecular complexity index is 102. The summed E-state index contributed by atoms with van der Waals surface area (Å²) in [5, 5.41) is 3.44. The van der Waals surface area contributed by atoms with Gasteiger partial charge in [-0.1, -0.05) is 38.6 Å². The molecule has 0 aromatic carbocycles. The number of nitrogens with one attached hydrogen (secondary N) is 1. The van der Waals surface area contributed by atoms with Gasteiger partial charge in [0.25, 0.3) is 0 Å². The third-order valence-electron chi connectivity index (χ3n) is 1.97. The molecule has 0 spiro atoms. The first-order valence-electron chi connectivity index (χ1n) is 5.66. The highest BCUT2D eigenvalue weighted by Crippen LogP contribution is 2.08. The van der Waals surface area contributed by atoms with Gasteiger partial charge in [-0.2, -0.15) is 0 Å². The first-order valence-corrected chi connectivity index (χ1v) is 6.61. The molecule has 0 unspecified atom stereocenters. The van der Waals surface area contributed by atoms with Crippen molar-refractivity contribution in [2.45, 2.75) is 45.6 Å². The van der Waals surface area contributed by atoms with Crippen LogP contribution in [-0.4, -0.2) is 36.7 Å². The Labute approximate surface area is 94.0 Å². The molecule has 0 aromatic heterocycles. The Hall–Kier alpha value is 0.270. The summed E-state index contributed by atoms with van der Waals surface area (Å²) in [6.45, 7) is 5.58. The lowest BCUT2D eigenvalue weighted by Gasteiger charge is -2.09. The van der Waals surface area contributed by atoms with Crippen LogP contribution >= 0.6 is 11.9 Å². The van der Waals surface area contributed by atoms with Crippen LogP contribution in [0, 0.1) is 0 Å². The van der Waals surface area contributed by atoms with Crippen LogP contribution in [0.25, 0.3) is 0 Å². The Morgan fingerprint density at radius 1 is 1.07 bits per heavy atom. The van der Waals surface area contributed by atoms with E-state index in [1.807, 2.05) is 11.9 Å². The Morgan fingerprint density at radius 3 is 2.29 bits per heavy atom. The Kier molecular flexibility index (Phi) is 10.0. The van der Waals surface area contributed by atoms with E-state index in [4.69, 9.17) is 0 Å². The second-order valence-corrected chi connectivity index (χ2v) is 5.57. The van der Waals surface area contributed by atoms with E-state index >= 15 is 0 Å². The van der Waals surface area contributed by atoms with Crippen LogP contribution in [0.4, 0.5) is 0 Å². The predicted molar refractivity (Wildman–Crippen MR) is 67.8 cm³/mol. The fourth-order valence-electron chi connectivity index (χ4n) is 1.22. The van der Waals surface area contributed by atoms with Crippen molar-refractivity contribution in [2.24, 2.45) is 0 Å². The first-order chi connectivity index (χ1) is 6.63. The molecule has 0 aliphatic rings. The van der Waals surface area contributed by atoms with Gasteiger partial charge in [0.2, 0.25) is 0 Å². The molecule has 0 amide bonds. The second kappa shape index (κ2) is 9.81. The van der Waals surface area contributed by atoms with Crippen molar-refractivity contribution in [3.63, 3.8) is 0 Å². The molecular weight excluding hydrogens is 192 g/mol. The quantitative estimate of drug-likeness (QED) is 0.473. The van der Waals surface area contributed by atoms with Crippen LogP contribution in [-0.2, 0) is 0 Å².